The molecule has 3 heteroatoms. The number of halogens is 2. The number of hydrogen-bond acceptors (Lipinski definition) is 0. The maximum Gasteiger partial charge on any atom is 2.00 e. The van der Waals surface area contributed by atoms with E-state index in [4.69, 9.17) is 0 Å². The largest absolute Gasteiger partial charge is 2.00 e. The molecular weight excluding hydrogens is 378 g/mol. The predicted molar refractivity (Wildman–Crippen MR) is 78.6 cm³/mol. The molecule has 0 nitrogen and oxygen atoms in total. The Hall–Kier alpha value is -0.0969. The van der Waals surface area contributed by atoms with Crippen molar-refractivity contribution in [2.75, 3.05) is 0 Å². The molecule has 2 aliphatic carbocycles. The minimum absolute atomic E-state index is 0. The molecule has 0 spiro atoms. The molecule has 0 saturated heterocycles. The van der Waals surface area contributed by atoms with Crippen LogP contribution in [-0.2, 0) is 26.2 Å². The topological polar surface area (TPSA) is 0 Å². The van der Waals surface area contributed by atoms with Gasteiger partial charge in [-0.05, 0) is 47.9 Å². The zero-order chi connectivity index (χ0) is 12.7. The normalized spacial score (nSPS) is 19.5. The van der Waals surface area contributed by atoms with E-state index in [1.807, 2.05) is 0 Å². The van der Waals surface area contributed by atoms with E-state index in [2.05, 4.69) is 69.4 Å². The van der Waals surface area contributed by atoms with Gasteiger partial charge in [0.05, 0.1) is 0 Å². The monoisotopic (exact) mass is 396 g/mol. The first kappa shape index (κ1) is 20.9. The number of fused-ring (bicyclic) bond motifs is 1. The number of rotatable bonds is 2. The van der Waals surface area contributed by atoms with Gasteiger partial charge >= 0.3 is 26.2 Å². The van der Waals surface area contributed by atoms with Crippen molar-refractivity contribution < 1.29 is 51.0 Å². The SMILES string of the molecule is Cc1ccc(C)c2c1C=CC2C(C)C1C=CC=C1.[Cl-].[Cl-].[Zr+2]. The van der Waals surface area contributed by atoms with E-state index in [1.54, 1.807) is 5.56 Å². The van der Waals surface area contributed by atoms with Crippen molar-refractivity contribution in [2.45, 2.75) is 26.7 Å². The van der Waals surface area contributed by atoms with Crippen LogP contribution in [0.4, 0.5) is 0 Å². The number of aryl methyl sites for hydroxylation is 2. The molecule has 2 aliphatic rings. The van der Waals surface area contributed by atoms with Gasteiger partial charge in [0.25, 0.3) is 0 Å². The fourth-order valence-electron chi connectivity index (χ4n) is 3.29. The van der Waals surface area contributed by atoms with E-state index < -0.39 is 0 Å². The summed E-state index contributed by atoms with van der Waals surface area (Å²) >= 11 is 0. The van der Waals surface area contributed by atoms with Gasteiger partial charge in [-0.1, -0.05) is 55.5 Å². The molecule has 0 amide bonds. The van der Waals surface area contributed by atoms with E-state index in [1.165, 1.54) is 16.7 Å². The summed E-state index contributed by atoms with van der Waals surface area (Å²) in [5, 5.41) is 0. The minimum atomic E-state index is 0. The maximum absolute atomic E-state index is 2.40. The van der Waals surface area contributed by atoms with Crippen LogP contribution in [0, 0.1) is 25.7 Å². The van der Waals surface area contributed by atoms with Crippen LogP contribution in [0.25, 0.3) is 6.08 Å². The summed E-state index contributed by atoms with van der Waals surface area (Å²) in [4.78, 5) is 0. The smallest absolute Gasteiger partial charge is 1.00 e. The third-order valence-corrected chi connectivity index (χ3v) is 4.48. The van der Waals surface area contributed by atoms with Crippen LogP contribution >= 0.6 is 0 Å². The number of benzene rings is 1. The third kappa shape index (κ3) is 3.81. The Bertz CT molecular complexity index is 561. The molecule has 3 rings (SSSR count). The predicted octanol–water partition coefficient (Wildman–Crippen LogP) is -1.20. The Morgan fingerprint density at radius 3 is 2.10 bits per heavy atom. The average molecular weight is 398 g/mol. The van der Waals surface area contributed by atoms with Gasteiger partial charge in [0, 0.05) is 5.92 Å². The second kappa shape index (κ2) is 8.51. The average Bonchev–Trinajstić information content (AvgIpc) is 3.01. The van der Waals surface area contributed by atoms with Gasteiger partial charge in [-0.15, -0.1) is 0 Å². The van der Waals surface area contributed by atoms with Crippen molar-refractivity contribution in [3.05, 3.63) is 64.8 Å². The molecule has 0 heterocycles. The van der Waals surface area contributed by atoms with Crippen LogP contribution in [0.15, 0.2) is 42.5 Å². The zero-order valence-electron chi connectivity index (χ0n) is 12.6. The standard InChI is InChI=1S/C18H20.2ClH.Zr/c1-12-8-9-13(2)18-16(12)10-11-17(18)14(3)15-6-4-5-7-15;;;/h4-11,14-15,17H,1-3H3;2*1H;/q;;;+2/p-2. The van der Waals surface area contributed by atoms with Crippen LogP contribution in [0.5, 0.6) is 0 Å². The summed E-state index contributed by atoms with van der Waals surface area (Å²) in [6, 6.07) is 4.50. The maximum atomic E-state index is 2.40. The van der Waals surface area contributed by atoms with Crippen molar-refractivity contribution >= 4 is 6.08 Å². The van der Waals surface area contributed by atoms with Crippen molar-refractivity contribution in [3.63, 3.8) is 0 Å². The molecule has 1 aromatic rings. The van der Waals surface area contributed by atoms with E-state index >= 15 is 0 Å². The number of hydrogen-bond donors (Lipinski definition) is 0. The van der Waals surface area contributed by atoms with Crippen LogP contribution in [-0.4, -0.2) is 0 Å². The molecule has 0 bridgehead atoms. The Balaban J connectivity index is 0.00000133. The molecule has 2 atom stereocenters. The minimum Gasteiger partial charge on any atom is -1.00 e. The molecule has 21 heavy (non-hydrogen) atoms. The van der Waals surface area contributed by atoms with Crippen LogP contribution in [0.1, 0.15) is 35.1 Å². The molecule has 0 saturated carbocycles. The van der Waals surface area contributed by atoms with Crippen molar-refractivity contribution in [3.8, 4) is 0 Å². The second-order valence-corrected chi connectivity index (χ2v) is 5.62. The first-order valence-electron chi connectivity index (χ1n) is 6.82. The molecule has 0 radical (unpaired) electrons. The van der Waals surface area contributed by atoms with Crippen molar-refractivity contribution in [1.29, 1.82) is 0 Å². The molecule has 0 N–H and O–H groups in total. The van der Waals surface area contributed by atoms with E-state index in [9.17, 15) is 0 Å². The summed E-state index contributed by atoms with van der Waals surface area (Å²) in [6.07, 6.45) is 13.7. The van der Waals surface area contributed by atoms with E-state index in [0.717, 1.165) is 0 Å². The third-order valence-electron chi connectivity index (χ3n) is 4.48. The molecule has 0 aromatic heterocycles. The van der Waals surface area contributed by atoms with Crippen LogP contribution in [0.2, 0.25) is 0 Å². The van der Waals surface area contributed by atoms with Gasteiger partial charge in [0.2, 0.25) is 0 Å². The quantitative estimate of drug-likeness (QED) is 0.587. The molecular formula is C18H20Cl2Zr. The summed E-state index contributed by atoms with van der Waals surface area (Å²) in [5.41, 5.74) is 5.84. The molecule has 110 valence electrons. The van der Waals surface area contributed by atoms with E-state index in [-0.39, 0.29) is 51.0 Å². The van der Waals surface area contributed by atoms with Gasteiger partial charge in [-0.3, -0.25) is 0 Å². The van der Waals surface area contributed by atoms with Crippen LogP contribution < -0.4 is 24.8 Å². The van der Waals surface area contributed by atoms with Crippen LogP contribution in [0.3, 0.4) is 0 Å². The zero-order valence-corrected chi connectivity index (χ0v) is 16.6. The van der Waals surface area contributed by atoms with Gasteiger partial charge < -0.3 is 24.8 Å². The Kier molecular flexibility index (Phi) is 8.47. The summed E-state index contributed by atoms with van der Waals surface area (Å²) < 4.78 is 0. The summed E-state index contributed by atoms with van der Waals surface area (Å²) in [6.45, 7) is 6.83. The van der Waals surface area contributed by atoms with Gasteiger partial charge in [-0.2, -0.15) is 0 Å². The second-order valence-electron chi connectivity index (χ2n) is 5.62. The summed E-state index contributed by atoms with van der Waals surface area (Å²) in [5.74, 6) is 1.79. The van der Waals surface area contributed by atoms with Crippen molar-refractivity contribution in [1.82, 2.24) is 0 Å². The Labute approximate surface area is 159 Å². The first-order chi connectivity index (χ1) is 8.68. The molecule has 1 aromatic carbocycles. The fourth-order valence-corrected chi connectivity index (χ4v) is 3.29. The van der Waals surface area contributed by atoms with Gasteiger partial charge in [-0.25, -0.2) is 0 Å². The van der Waals surface area contributed by atoms with Gasteiger partial charge in [0.1, 0.15) is 0 Å². The van der Waals surface area contributed by atoms with Crippen molar-refractivity contribution in [2.24, 2.45) is 11.8 Å². The first-order valence-corrected chi connectivity index (χ1v) is 6.82. The molecule has 0 aliphatic heterocycles. The molecule has 2 unspecified atom stereocenters. The fraction of sp³-hybridized carbons (Fsp3) is 0.333. The Morgan fingerprint density at radius 1 is 0.905 bits per heavy atom. The summed E-state index contributed by atoms with van der Waals surface area (Å²) in [7, 11) is 0. The number of allylic oxidation sites excluding steroid dienone is 5. The van der Waals surface area contributed by atoms with E-state index in [0.29, 0.717) is 17.8 Å². The molecule has 0 fully saturated rings. The van der Waals surface area contributed by atoms with Gasteiger partial charge in [0.15, 0.2) is 0 Å². The Morgan fingerprint density at radius 2 is 1.48 bits per heavy atom.